The molecule has 1 aliphatic heterocycles. The number of amides is 4. The van der Waals surface area contributed by atoms with Crippen molar-refractivity contribution in [3.8, 4) is 33.9 Å². The number of aromatic amines is 2. The molecule has 1 saturated heterocycles. The van der Waals surface area contributed by atoms with Crippen molar-refractivity contribution < 1.29 is 41.8 Å². The molecule has 0 saturated carbocycles. The number of alkyl halides is 3. The van der Waals surface area contributed by atoms with Gasteiger partial charge in [0.15, 0.2) is 5.82 Å². The van der Waals surface area contributed by atoms with Crippen LogP contribution in [0.5, 0.6) is 0 Å². The topological polar surface area (TPSA) is 200 Å². The average Bonchev–Trinajstić information content (AvgIpc) is 3.98. The molecule has 4 N–H and O–H groups in total. The Morgan fingerprint density at radius 2 is 1.48 bits per heavy atom. The number of halogens is 3. The zero-order valence-corrected chi connectivity index (χ0v) is 33.4. The maximum atomic E-state index is 14.3. The van der Waals surface area contributed by atoms with Crippen LogP contribution in [0.3, 0.4) is 0 Å². The van der Waals surface area contributed by atoms with Gasteiger partial charge in [0.1, 0.15) is 35.1 Å². The molecule has 58 heavy (non-hydrogen) atoms. The van der Waals surface area contributed by atoms with E-state index in [1.165, 1.54) is 31.3 Å². The number of benzene rings is 1. The van der Waals surface area contributed by atoms with E-state index in [4.69, 9.17) is 4.74 Å². The fourth-order valence-corrected chi connectivity index (χ4v) is 6.76. The summed E-state index contributed by atoms with van der Waals surface area (Å²) < 4.78 is 52.3. The standard InChI is InChI=1S/C39H49F3N10O6/c1-8-15-51(35(53)29(21(2)3)49-37(55)57-6)20-28-47-31(32(48-28)39(40,41)42)23-11-13-24(14-12-23)33-43-17-25(18-44-33)26-19-45-34(46-26)27-10-9-16-52(27)36(54)30(22(4)5)50-38(56)58-7/h11-14,17-19,21-22,27,29-30H,8-10,15-16,20H2,1-7H3,(H,45,46)(H,47,48)(H,49,55)(H,50,56)/t27-,29?,30?/m0/s1. The zero-order chi connectivity index (χ0) is 42.3. The van der Waals surface area contributed by atoms with Gasteiger partial charge >= 0.3 is 18.4 Å². The van der Waals surface area contributed by atoms with Crippen LogP contribution in [-0.2, 0) is 31.8 Å². The van der Waals surface area contributed by atoms with Gasteiger partial charge in [-0.3, -0.25) is 9.59 Å². The lowest BCUT2D eigenvalue weighted by Crippen LogP contribution is -2.51. The van der Waals surface area contributed by atoms with Gasteiger partial charge in [-0.05, 0) is 31.1 Å². The smallest absolute Gasteiger partial charge is 0.433 e. The lowest BCUT2D eigenvalue weighted by molar-refractivity contribution is -0.140. The van der Waals surface area contributed by atoms with Gasteiger partial charge in [0.05, 0.1) is 38.7 Å². The molecule has 1 fully saturated rings. The highest BCUT2D eigenvalue weighted by molar-refractivity contribution is 5.87. The Labute approximate surface area is 333 Å². The van der Waals surface area contributed by atoms with Gasteiger partial charge in [0, 0.05) is 42.2 Å². The van der Waals surface area contributed by atoms with Crippen molar-refractivity contribution in [2.45, 2.75) is 84.7 Å². The molecule has 4 heterocycles. The minimum atomic E-state index is -4.78. The van der Waals surface area contributed by atoms with Crippen LogP contribution < -0.4 is 10.6 Å². The fourth-order valence-electron chi connectivity index (χ4n) is 6.76. The second-order valence-corrected chi connectivity index (χ2v) is 14.6. The van der Waals surface area contributed by atoms with Gasteiger partial charge in [0.25, 0.3) is 0 Å². The van der Waals surface area contributed by atoms with Crippen LogP contribution in [0, 0.1) is 11.8 Å². The molecule has 0 bridgehead atoms. The van der Waals surface area contributed by atoms with Crippen LogP contribution in [-0.4, -0.2) is 103 Å². The van der Waals surface area contributed by atoms with Crippen molar-refractivity contribution in [3.05, 3.63) is 60.2 Å². The molecule has 5 rings (SSSR count). The summed E-state index contributed by atoms with van der Waals surface area (Å²) in [5.74, 6) is -0.355. The molecule has 0 aliphatic carbocycles. The summed E-state index contributed by atoms with van der Waals surface area (Å²) in [6.07, 6.45) is 0.525. The Morgan fingerprint density at radius 3 is 2.05 bits per heavy atom. The SMILES string of the molecule is CCCN(Cc1nc(-c2ccc(-c3ncc(-c4cnc([C@@H]5CCCN5C(=O)C(NC(=O)OC)C(C)C)[nH]4)cn3)cc2)c(C(F)(F)F)[nH]1)C(=O)C(NC(=O)OC)C(C)C. The highest BCUT2D eigenvalue weighted by Crippen LogP contribution is 2.37. The summed E-state index contributed by atoms with van der Waals surface area (Å²) in [7, 11) is 2.42. The average molecular weight is 811 g/mol. The third kappa shape index (κ3) is 9.92. The van der Waals surface area contributed by atoms with E-state index in [0.29, 0.717) is 47.9 Å². The number of nitrogens with one attached hydrogen (secondary N) is 4. The van der Waals surface area contributed by atoms with Gasteiger partial charge in [-0.25, -0.2) is 29.5 Å². The summed E-state index contributed by atoms with van der Waals surface area (Å²) in [6, 6.07) is 4.13. The molecule has 312 valence electrons. The Hall–Kier alpha value is -6.01. The Kier molecular flexibility index (Phi) is 13.8. The fraction of sp³-hybridized carbons (Fsp3) is 0.487. The highest BCUT2D eigenvalue weighted by Gasteiger charge is 2.39. The summed E-state index contributed by atoms with van der Waals surface area (Å²) >= 11 is 0. The highest BCUT2D eigenvalue weighted by atomic mass is 19.4. The Bertz CT molecular complexity index is 2050. The summed E-state index contributed by atoms with van der Waals surface area (Å²) in [6.45, 7) is 9.47. The number of carbonyl (C=O) groups is 4. The molecule has 19 heteroatoms. The number of hydrogen-bond acceptors (Lipinski definition) is 10. The number of rotatable bonds is 14. The number of carbonyl (C=O) groups excluding carboxylic acids is 4. The van der Waals surface area contributed by atoms with E-state index in [1.807, 2.05) is 20.8 Å². The molecular weight excluding hydrogens is 761 g/mol. The number of methoxy groups -OCH3 is 2. The molecule has 3 aromatic heterocycles. The number of alkyl carbamates (subject to hydrolysis) is 2. The van der Waals surface area contributed by atoms with Crippen LogP contribution in [0.15, 0.2) is 42.9 Å². The van der Waals surface area contributed by atoms with E-state index in [2.05, 4.69) is 45.3 Å². The summed E-state index contributed by atoms with van der Waals surface area (Å²) in [5.41, 5.74) is 0.576. The first-order chi connectivity index (χ1) is 27.6. The maximum Gasteiger partial charge on any atom is 0.433 e. The Balaban J connectivity index is 1.32. The van der Waals surface area contributed by atoms with Crippen LogP contribution in [0.4, 0.5) is 22.8 Å². The second kappa shape index (κ2) is 18.5. The van der Waals surface area contributed by atoms with E-state index >= 15 is 0 Å². The van der Waals surface area contributed by atoms with Crippen LogP contribution in [0.25, 0.3) is 33.9 Å². The van der Waals surface area contributed by atoms with Crippen molar-refractivity contribution in [2.75, 3.05) is 27.3 Å². The van der Waals surface area contributed by atoms with Crippen LogP contribution in [0.2, 0.25) is 0 Å². The number of hydrogen-bond donors (Lipinski definition) is 4. The summed E-state index contributed by atoms with van der Waals surface area (Å²) in [5, 5.41) is 5.15. The van der Waals surface area contributed by atoms with E-state index < -0.39 is 42.0 Å². The van der Waals surface area contributed by atoms with Gasteiger partial charge < -0.3 is 39.9 Å². The first-order valence-corrected chi connectivity index (χ1v) is 19.0. The van der Waals surface area contributed by atoms with Crippen molar-refractivity contribution in [1.29, 1.82) is 0 Å². The number of imidazole rings is 2. The van der Waals surface area contributed by atoms with Gasteiger partial charge in [-0.1, -0.05) is 58.9 Å². The summed E-state index contributed by atoms with van der Waals surface area (Å²) in [4.78, 5) is 77.4. The second-order valence-electron chi connectivity index (χ2n) is 14.6. The quantitative estimate of drug-likeness (QED) is 0.115. The maximum absolute atomic E-state index is 14.3. The van der Waals surface area contributed by atoms with Crippen molar-refractivity contribution >= 4 is 24.0 Å². The molecule has 0 radical (unpaired) electrons. The molecule has 16 nitrogen and oxygen atoms in total. The van der Waals surface area contributed by atoms with Gasteiger partial charge in [0.2, 0.25) is 11.8 Å². The number of nitrogens with zero attached hydrogens (tertiary/aromatic N) is 6. The van der Waals surface area contributed by atoms with Crippen LogP contribution in [0.1, 0.15) is 77.3 Å². The van der Waals surface area contributed by atoms with Gasteiger partial charge in [-0.2, -0.15) is 13.2 Å². The Morgan fingerprint density at radius 1 is 0.879 bits per heavy atom. The molecule has 3 atom stereocenters. The van der Waals surface area contributed by atoms with E-state index in [-0.39, 0.29) is 54.0 Å². The number of H-pyrrole nitrogens is 2. The molecule has 1 aromatic carbocycles. The monoisotopic (exact) mass is 810 g/mol. The normalized spacial score (nSPS) is 15.3. The number of ether oxygens (including phenoxy) is 2. The first kappa shape index (κ1) is 43.1. The minimum Gasteiger partial charge on any atom is -0.453 e. The van der Waals surface area contributed by atoms with Crippen molar-refractivity contribution in [3.63, 3.8) is 0 Å². The third-order valence-corrected chi connectivity index (χ3v) is 9.79. The molecule has 0 spiro atoms. The van der Waals surface area contributed by atoms with Crippen molar-refractivity contribution in [1.82, 2.24) is 50.3 Å². The van der Waals surface area contributed by atoms with Crippen molar-refractivity contribution in [2.24, 2.45) is 11.8 Å². The predicted octanol–water partition coefficient (Wildman–Crippen LogP) is 6.11. The van der Waals surface area contributed by atoms with E-state index in [1.54, 1.807) is 49.5 Å². The molecule has 4 amide bonds. The third-order valence-electron chi connectivity index (χ3n) is 9.79. The lowest BCUT2D eigenvalue weighted by Gasteiger charge is -2.30. The van der Waals surface area contributed by atoms with Crippen LogP contribution >= 0.6 is 0 Å². The van der Waals surface area contributed by atoms with E-state index in [9.17, 15) is 32.3 Å². The number of aromatic nitrogens is 6. The molecule has 2 unspecified atom stereocenters. The number of likely N-dealkylation sites (tertiary alicyclic amines) is 1. The minimum absolute atomic E-state index is 0.0720. The van der Waals surface area contributed by atoms with E-state index in [0.717, 1.165) is 6.42 Å². The zero-order valence-electron chi connectivity index (χ0n) is 33.4. The lowest BCUT2D eigenvalue weighted by atomic mass is 10.0. The molecule has 4 aromatic rings. The molecular formula is C39H49F3N10O6. The van der Waals surface area contributed by atoms with Gasteiger partial charge in [-0.15, -0.1) is 0 Å². The first-order valence-electron chi connectivity index (χ1n) is 19.0. The largest absolute Gasteiger partial charge is 0.453 e. The molecule has 1 aliphatic rings. The predicted molar refractivity (Wildman–Crippen MR) is 205 cm³/mol.